The van der Waals surface area contributed by atoms with Crippen LogP contribution < -0.4 is 10.1 Å². The zero-order valence-electron chi connectivity index (χ0n) is 17.3. The predicted octanol–water partition coefficient (Wildman–Crippen LogP) is 6.64. The number of nitrogens with zero attached hydrogens (tertiary/aromatic N) is 1. The molecule has 0 aliphatic carbocycles. The summed E-state index contributed by atoms with van der Waals surface area (Å²) >= 11 is 1.50. The highest BCUT2D eigenvalue weighted by molar-refractivity contribution is 7.22. The molecule has 0 spiro atoms. The van der Waals surface area contributed by atoms with Gasteiger partial charge in [-0.05, 0) is 48.6 Å². The van der Waals surface area contributed by atoms with Crippen LogP contribution in [0.5, 0.6) is 5.75 Å². The molecule has 0 radical (unpaired) electrons. The number of fused-ring (bicyclic) bond motifs is 1. The minimum absolute atomic E-state index is 0.199. The fraction of sp³-hybridized carbons (Fsp3) is 0.333. The van der Waals surface area contributed by atoms with Gasteiger partial charge in [0.25, 0.3) is 0 Å². The molecule has 0 aliphatic rings. The second-order valence-electron chi connectivity index (χ2n) is 7.12. The standard InChI is InChI=1S/C24H28N2O2S/c1-4-6-15-28-21-10-8-7-9-18(21)12-14-23(27)26-24-25-20-13-11-19(17(3)5-2)16-22(20)29-24/h7-14,16-17H,4-6,15H2,1-3H3,(H,25,26,27)/b14-12+. The van der Waals surface area contributed by atoms with Gasteiger partial charge in [0.1, 0.15) is 5.75 Å². The molecule has 3 rings (SSSR count). The normalized spacial score (nSPS) is 12.4. The van der Waals surface area contributed by atoms with Gasteiger partial charge in [-0.25, -0.2) is 4.98 Å². The smallest absolute Gasteiger partial charge is 0.250 e. The summed E-state index contributed by atoms with van der Waals surface area (Å²) in [4.78, 5) is 16.9. The first kappa shape index (κ1) is 21.1. The van der Waals surface area contributed by atoms with Crippen LogP contribution in [0.1, 0.15) is 57.1 Å². The van der Waals surface area contributed by atoms with Crippen LogP contribution in [0.25, 0.3) is 16.3 Å². The van der Waals surface area contributed by atoms with Gasteiger partial charge in [0.05, 0.1) is 16.8 Å². The van der Waals surface area contributed by atoms with Crippen LogP contribution in [0.3, 0.4) is 0 Å². The van der Waals surface area contributed by atoms with Crippen LogP contribution >= 0.6 is 11.3 Å². The molecule has 0 fully saturated rings. The van der Waals surface area contributed by atoms with Gasteiger partial charge in [0, 0.05) is 11.6 Å². The number of benzene rings is 2. The monoisotopic (exact) mass is 408 g/mol. The molecule has 0 saturated carbocycles. The molecule has 0 bridgehead atoms. The molecule has 2 aromatic carbocycles. The van der Waals surface area contributed by atoms with Gasteiger partial charge in [-0.1, -0.05) is 62.8 Å². The van der Waals surface area contributed by atoms with E-state index in [-0.39, 0.29) is 5.91 Å². The van der Waals surface area contributed by atoms with E-state index in [0.717, 1.165) is 40.8 Å². The highest BCUT2D eigenvalue weighted by Crippen LogP contribution is 2.30. The Kier molecular flexibility index (Phi) is 7.42. The summed E-state index contributed by atoms with van der Waals surface area (Å²) in [7, 11) is 0. The zero-order chi connectivity index (χ0) is 20.6. The molecule has 1 atom stereocenters. The number of thiazole rings is 1. The third-order valence-corrected chi connectivity index (χ3v) is 5.85. The molecule has 1 N–H and O–H groups in total. The minimum atomic E-state index is -0.199. The lowest BCUT2D eigenvalue weighted by Crippen LogP contribution is -2.07. The third kappa shape index (κ3) is 5.67. The SMILES string of the molecule is CCCCOc1ccccc1/C=C/C(=O)Nc1nc2ccc(C(C)CC)cc2s1. The van der Waals surface area contributed by atoms with Crippen molar-refractivity contribution in [1.82, 2.24) is 4.98 Å². The van der Waals surface area contributed by atoms with Gasteiger partial charge in [-0.2, -0.15) is 0 Å². The second-order valence-corrected chi connectivity index (χ2v) is 8.15. The molecular weight excluding hydrogens is 380 g/mol. The molecule has 1 unspecified atom stereocenters. The molecule has 4 nitrogen and oxygen atoms in total. The van der Waals surface area contributed by atoms with E-state index in [4.69, 9.17) is 4.74 Å². The van der Waals surface area contributed by atoms with Crippen molar-refractivity contribution in [1.29, 1.82) is 0 Å². The summed E-state index contributed by atoms with van der Waals surface area (Å²) in [5.74, 6) is 1.11. The number of carbonyl (C=O) groups is 1. The first-order chi connectivity index (χ1) is 14.1. The number of ether oxygens (including phenoxy) is 1. The number of hydrogen-bond donors (Lipinski definition) is 1. The molecule has 0 aliphatic heterocycles. The van der Waals surface area contributed by atoms with Crippen LogP contribution in [0.4, 0.5) is 5.13 Å². The van der Waals surface area contributed by atoms with Crippen molar-refractivity contribution in [2.45, 2.75) is 46.0 Å². The maximum absolute atomic E-state index is 12.4. The quantitative estimate of drug-likeness (QED) is 0.319. The lowest BCUT2D eigenvalue weighted by molar-refractivity contribution is -0.111. The molecule has 1 aromatic heterocycles. The second kappa shape index (κ2) is 10.2. The summed E-state index contributed by atoms with van der Waals surface area (Å²) in [6.07, 6.45) is 6.50. The molecule has 1 amide bonds. The number of anilines is 1. The number of para-hydroxylation sites is 1. The Morgan fingerprint density at radius 3 is 2.86 bits per heavy atom. The molecule has 3 aromatic rings. The number of carbonyl (C=O) groups excluding carboxylic acids is 1. The van der Waals surface area contributed by atoms with Crippen molar-refractivity contribution in [3.63, 3.8) is 0 Å². The van der Waals surface area contributed by atoms with E-state index in [0.29, 0.717) is 17.7 Å². The van der Waals surface area contributed by atoms with Crippen LogP contribution in [0, 0.1) is 0 Å². The topological polar surface area (TPSA) is 51.2 Å². The maximum Gasteiger partial charge on any atom is 0.250 e. The van der Waals surface area contributed by atoms with Crippen LogP contribution in [0.15, 0.2) is 48.5 Å². The van der Waals surface area contributed by atoms with E-state index in [1.54, 1.807) is 6.08 Å². The van der Waals surface area contributed by atoms with E-state index in [2.05, 4.69) is 43.2 Å². The van der Waals surface area contributed by atoms with E-state index in [9.17, 15) is 4.79 Å². The summed E-state index contributed by atoms with van der Waals surface area (Å²) in [6.45, 7) is 7.22. The van der Waals surface area contributed by atoms with Crippen molar-refractivity contribution in [3.8, 4) is 5.75 Å². The van der Waals surface area contributed by atoms with Gasteiger partial charge in [-0.3, -0.25) is 10.1 Å². The fourth-order valence-electron chi connectivity index (χ4n) is 2.93. The Labute approximate surface area is 176 Å². The summed E-state index contributed by atoms with van der Waals surface area (Å²) in [5.41, 5.74) is 3.11. The van der Waals surface area contributed by atoms with Crippen LogP contribution in [-0.4, -0.2) is 17.5 Å². The number of aromatic nitrogens is 1. The molecular formula is C24H28N2O2S. The number of unbranched alkanes of at least 4 members (excludes halogenated alkanes) is 1. The first-order valence-corrected chi connectivity index (χ1v) is 11.0. The zero-order valence-corrected chi connectivity index (χ0v) is 18.1. The Morgan fingerprint density at radius 1 is 1.24 bits per heavy atom. The van der Waals surface area contributed by atoms with Crippen molar-refractivity contribution >= 4 is 38.7 Å². The molecule has 0 saturated heterocycles. The summed E-state index contributed by atoms with van der Waals surface area (Å²) < 4.78 is 6.91. The van der Waals surface area contributed by atoms with Crippen molar-refractivity contribution in [2.24, 2.45) is 0 Å². The van der Waals surface area contributed by atoms with Crippen LogP contribution in [-0.2, 0) is 4.79 Å². The van der Waals surface area contributed by atoms with E-state index in [1.165, 1.54) is 23.0 Å². The summed E-state index contributed by atoms with van der Waals surface area (Å²) in [6, 6.07) is 14.1. The van der Waals surface area contributed by atoms with Crippen molar-refractivity contribution in [2.75, 3.05) is 11.9 Å². The fourth-order valence-corrected chi connectivity index (χ4v) is 3.84. The third-order valence-electron chi connectivity index (χ3n) is 4.91. The average molecular weight is 409 g/mol. The molecule has 5 heteroatoms. The van der Waals surface area contributed by atoms with Crippen LogP contribution in [0.2, 0.25) is 0 Å². The van der Waals surface area contributed by atoms with E-state index < -0.39 is 0 Å². The van der Waals surface area contributed by atoms with E-state index >= 15 is 0 Å². The van der Waals surface area contributed by atoms with Gasteiger partial charge < -0.3 is 4.74 Å². The number of hydrogen-bond acceptors (Lipinski definition) is 4. The molecule has 1 heterocycles. The molecule has 29 heavy (non-hydrogen) atoms. The van der Waals surface area contributed by atoms with Gasteiger partial charge >= 0.3 is 0 Å². The first-order valence-electron chi connectivity index (χ1n) is 10.2. The highest BCUT2D eigenvalue weighted by Gasteiger charge is 2.09. The summed E-state index contributed by atoms with van der Waals surface area (Å²) in [5, 5.41) is 3.49. The van der Waals surface area contributed by atoms with Gasteiger partial charge in [0.15, 0.2) is 5.13 Å². The highest BCUT2D eigenvalue weighted by atomic mass is 32.1. The maximum atomic E-state index is 12.4. The van der Waals surface area contributed by atoms with Crippen molar-refractivity contribution in [3.05, 3.63) is 59.7 Å². The lowest BCUT2D eigenvalue weighted by Gasteiger charge is -2.08. The van der Waals surface area contributed by atoms with Gasteiger partial charge in [-0.15, -0.1) is 0 Å². The number of nitrogens with one attached hydrogen (secondary N) is 1. The van der Waals surface area contributed by atoms with E-state index in [1.807, 2.05) is 30.3 Å². The Balaban J connectivity index is 1.68. The Morgan fingerprint density at radius 2 is 2.07 bits per heavy atom. The lowest BCUT2D eigenvalue weighted by atomic mass is 9.99. The Hall–Kier alpha value is -2.66. The van der Waals surface area contributed by atoms with Gasteiger partial charge in [0.2, 0.25) is 5.91 Å². The molecule has 152 valence electrons. The number of amides is 1. The largest absolute Gasteiger partial charge is 0.493 e. The van der Waals surface area contributed by atoms with Crippen molar-refractivity contribution < 1.29 is 9.53 Å². The number of rotatable bonds is 9. The predicted molar refractivity (Wildman–Crippen MR) is 123 cm³/mol. The Bertz CT molecular complexity index is 993. The average Bonchev–Trinajstić information content (AvgIpc) is 3.13. The minimum Gasteiger partial charge on any atom is -0.493 e.